The van der Waals surface area contributed by atoms with Gasteiger partial charge in [0.2, 0.25) is 11.8 Å². The number of amides is 2. The fourth-order valence-electron chi connectivity index (χ4n) is 7.32. The van der Waals surface area contributed by atoms with Crippen LogP contribution in [0, 0.1) is 20.8 Å². The molecule has 0 aliphatic carbocycles. The number of aliphatic imine (C=N–C) groups is 1. The van der Waals surface area contributed by atoms with Crippen LogP contribution in [0.25, 0.3) is 16.0 Å². The summed E-state index contributed by atoms with van der Waals surface area (Å²) in [5.74, 6) is 0.748. The first-order valence-corrected chi connectivity index (χ1v) is 19.8. The van der Waals surface area contributed by atoms with Crippen LogP contribution in [0.5, 0.6) is 0 Å². The highest BCUT2D eigenvalue weighted by Crippen LogP contribution is 2.40. The molecule has 55 heavy (non-hydrogen) atoms. The molecule has 0 radical (unpaired) electrons. The Bertz CT molecular complexity index is 2350. The lowest BCUT2D eigenvalue weighted by Crippen LogP contribution is -2.44. The first-order valence-electron chi connectivity index (χ1n) is 18.6. The number of Topliss-reactive ketones (excluding diaryl/α,β-unsaturated/α-hetero) is 1. The summed E-state index contributed by atoms with van der Waals surface area (Å²) in [6.07, 6.45) is 3.21. The summed E-state index contributed by atoms with van der Waals surface area (Å²) in [6, 6.07) is 12.3. The molecule has 13 nitrogen and oxygen atoms in total. The minimum absolute atomic E-state index is 0.0835. The molecule has 1 fully saturated rings. The van der Waals surface area contributed by atoms with Gasteiger partial charge in [-0.3, -0.25) is 38.4 Å². The molecule has 0 saturated carbocycles. The van der Waals surface area contributed by atoms with Crippen molar-refractivity contribution in [1.82, 2.24) is 29.2 Å². The van der Waals surface area contributed by atoms with E-state index in [-0.39, 0.29) is 30.2 Å². The third-order valence-corrected chi connectivity index (χ3v) is 11.8. The second-order valence-electron chi connectivity index (χ2n) is 14.1. The number of ether oxygens (including phenoxy) is 2. The van der Waals surface area contributed by atoms with E-state index < -0.39 is 18.0 Å². The van der Waals surface area contributed by atoms with E-state index in [2.05, 4.69) is 33.9 Å². The number of thiophene rings is 1. The Hall–Kier alpha value is -4.76. The molecule has 15 heteroatoms. The fraction of sp³-hybridized carbons (Fsp3) is 0.425. The predicted molar refractivity (Wildman–Crippen MR) is 211 cm³/mol. The second-order valence-corrected chi connectivity index (χ2v) is 15.7. The van der Waals surface area contributed by atoms with Gasteiger partial charge in [0.1, 0.15) is 28.7 Å². The van der Waals surface area contributed by atoms with Crippen LogP contribution < -0.4 is 11.0 Å². The molecule has 2 atom stereocenters. The number of piperidine rings is 1. The summed E-state index contributed by atoms with van der Waals surface area (Å²) in [4.78, 5) is 56.8. The largest absolute Gasteiger partial charge is 0.379 e. The zero-order chi connectivity index (χ0) is 38.8. The fourth-order valence-corrected chi connectivity index (χ4v) is 8.66. The molecule has 2 amide bonds. The van der Waals surface area contributed by atoms with Gasteiger partial charge in [-0.2, -0.15) is 0 Å². The van der Waals surface area contributed by atoms with E-state index in [0.717, 1.165) is 57.1 Å². The monoisotopic (exact) mass is 785 g/mol. The molecular weight excluding hydrogens is 742 g/mol. The van der Waals surface area contributed by atoms with Gasteiger partial charge in [-0.15, -0.1) is 21.5 Å². The predicted octanol–water partition coefficient (Wildman–Crippen LogP) is 5.84. The molecule has 1 N–H and O–H groups in total. The Kier molecular flexibility index (Phi) is 11.6. The van der Waals surface area contributed by atoms with Gasteiger partial charge in [0, 0.05) is 60.6 Å². The van der Waals surface area contributed by atoms with Crippen molar-refractivity contribution in [2.24, 2.45) is 12.0 Å². The van der Waals surface area contributed by atoms with E-state index in [1.807, 2.05) is 49.4 Å². The molecule has 3 aromatic heterocycles. The highest BCUT2D eigenvalue weighted by Gasteiger charge is 2.33. The van der Waals surface area contributed by atoms with Crippen LogP contribution in [-0.2, 0) is 37.3 Å². The van der Waals surface area contributed by atoms with E-state index in [9.17, 15) is 19.2 Å². The number of nitrogens with one attached hydrogen (secondary N) is 1. The number of benzene rings is 2. The second kappa shape index (κ2) is 16.5. The summed E-state index contributed by atoms with van der Waals surface area (Å²) in [7, 11) is 1.69. The minimum Gasteiger partial charge on any atom is -0.379 e. The average molecular weight is 786 g/mol. The number of nitrogens with zero attached hydrogens (tertiary/aromatic N) is 6. The number of fused-ring (bicyclic) bond motifs is 4. The van der Waals surface area contributed by atoms with Crippen LogP contribution >= 0.6 is 22.9 Å². The first-order chi connectivity index (χ1) is 26.5. The van der Waals surface area contributed by atoms with Gasteiger partial charge in [-0.1, -0.05) is 29.8 Å². The van der Waals surface area contributed by atoms with Gasteiger partial charge in [-0.05, 0) is 81.8 Å². The highest BCUT2D eigenvalue weighted by molar-refractivity contribution is 7.15. The van der Waals surface area contributed by atoms with Gasteiger partial charge in [0.05, 0.1) is 30.0 Å². The van der Waals surface area contributed by atoms with Gasteiger partial charge in [0.15, 0.2) is 5.82 Å². The van der Waals surface area contributed by atoms with Crippen LogP contribution in [0.15, 0.2) is 52.3 Å². The maximum Gasteiger partial charge on any atom is 0.329 e. The molecule has 1 saturated heterocycles. The summed E-state index contributed by atoms with van der Waals surface area (Å²) in [5, 5.41) is 12.9. The Morgan fingerprint density at radius 2 is 1.71 bits per heavy atom. The maximum absolute atomic E-state index is 13.3. The molecule has 2 aromatic carbocycles. The molecule has 0 spiro atoms. The summed E-state index contributed by atoms with van der Waals surface area (Å²) in [6.45, 7) is 8.00. The van der Waals surface area contributed by atoms with Crippen LogP contribution in [0.1, 0.15) is 89.4 Å². The summed E-state index contributed by atoms with van der Waals surface area (Å²) >= 11 is 7.91. The molecule has 2 aliphatic heterocycles. The molecule has 2 aliphatic rings. The van der Waals surface area contributed by atoms with E-state index in [0.29, 0.717) is 62.1 Å². The number of ketones is 1. The van der Waals surface area contributed by atoms with Crippen molar-refractivity contribution in [3.8, 4) is 5.00 Å². The Balaban J connectivity index is 0.862. The standard InChI is InChI=1S/C40H44ClN7O6S/c1-23-24(2)55-39-35(23)36(27-10-12-28(41)13-11-27)42-30(37-45-44-25(3)47(37)39)22-29(49)8-6-18-54-20-19-53-17-5-7-26-9-14-31-33(21-26)46(4)40(52)48(31)32-15-16-34(50)43-38(32)51/h9-14,21,30,32H,5-8,15-20,22H2,1-4H3,(H,43,50,51)/t30-,32?/m0/s1. The summed E-state index contributed by atoms with van der Waals surface area (Å²) < 4.78 is 16.7. The summed E-state index contributed by atoms with van der Waals surface area (Å²) in [5.41, 5.74) is 6.13. The number of carbonyl (C=O) groups excluding carboxylic acids is 3. The Morgan fingerprint density at radius 1 is 0.964 bits per heavy atom. The lowest BCUT2D eigenvalue weighted by atomic mass is 9.99. The third kappa shape index (κ3) is 7.99. The molecule has 0 bridgehead atoms. The smallest absolute Gasteiger partial charge is 0.329 e. The van der Waals surface area contributed by atoms with Crippen LogP contribution in [0.4, 0.5) is 0 Å². The number of aromatic nitrogens is 5. The lowest BCUT2D eigenvalue weighted by Gasteiger charge is -2.21. The number of carbonyl (C=O) groups is 3. The van der Waals surface area contributed by atoms with Gasteiger partial charge in [-0.25, -0.2) is 4.79 Å². The van der Waals surface area contributed by atoms with Crippen molar-refractivity contribution < 1.29 is 23.9 Å². The third-order valence-electron chi connectivity index (χ3n) is 10.3. The number of hydrogen-bond donors (Lipinski definition) is 1. The molecule has 5 aromatic rings. The number of hydrogen-bond acceptors (Lipinski definition) is 10. The molecule has 1 unspecified atom stereocenters. The SMILES string of the molecule is Cc1sc2c(c1C)C(c1ccc(Cl)cc1)=N[C@@H](CC(=O)CCCOCCOCCCc1ccc3c(c1)n(C)c(=O)n3C1CCC(=O)NC1=O)c1nnc(C)n1-2. The zero-order valence-corrected chi connectivity index (χ0v) is 33.0. The molecule has 7 rings (SSSR count). The van der Waals surface area contributed by atoms with Crippen LogP contribution in [0.3, 0.4) is 0 Å². The quantitative estimate of drug-likeness (QED) is 0.103. The zero-order valence-electron chi connectivity index (χ0n) is 31.4. The van der Waals surface area contributed by atoms with E-state index in [1.165, 1.54) is 9.44 Å². The van der Waals surface area contributed by atoms with Crippen molar-refractivity contribution in [3.63, 3.8) is 0 Å². The number of aryl methyl sites for hydroxylation is 4. The number of imidazole rings is 1. The van der Waals surface area contributed by atoms with Crippen LogP contribution in [-0.4, -0.2) is 73.6 Å². The van der Waals surface area contributed by atoms with E-state index in [4.69, 9.17) is 26.1 Å². The Labute approximate surface area is 327 Å². The van der Waals surface area contributed by atoms with Crippen molar-refractivity contribution >= 4 is 57.3 Å². The average Bonchev–Trinajstić information content (AvgIpc) is 3.73. The van der Waals surface area contributed by atoms with E-state index >= 15 is 0 Å². The van der Waals surface area contributed by atoms with Crippen molar-refractivity contribution in [1.29, 1.82) is 0 Å². The normalized spacial score (nSPS) is 16.9. The number of rotatable bonds is 15. The topological polar surface area (TPSA) is 152 Å². The van der Waals surface area contributed by atoms with Crippen LogP contribution in [0.2, 0.25) is 5.02 Å². The van der Waals surface area contributed by atoms with Gasteiger partial charge < -0.3 is 9.47 Å². The number of halogens is 1. The maximum atomic E-state index is 13.3. The molecule has 5 heterocycles. The highest BCUT2D eigenvalue weighted by atomic mass is 35.5. The first kappa shape index (κ1) is 38.5. The lowest BCUT2D eigenvalue weighted by molar-refractivity contribution is -0.135. The molecule has 288 valence electrons. The molecular formula is C40H44ClN7O6S. The Morgan fingerprint density at radius 3 is 2.45 bits per heavy atom. The van der Waals surface area contributed by atoms with E-state index in [1.54, 1.807) is 23.0 Å². The van der Waals surface area contributed by atoms with Gasteiger partial charge >= 0.3 is 5.69 Å². The minimum atomic E-state index is -0.704. The van der Waals surface area contributed by atoms with Crippen molar-refractivity contribution in [2.75, 3.05) is 26.4 Å². The van der Waals surface area contributed by atoms with Crippen molar-refractivity contribution in [3.05, 3.63) is 96.8 Å². The van der Waals surface area contributed by atoms with Gasteiger partial charge in [0.25, 0.3) is 0 Å². The van der Waals surface area contributed by atoms with Crippen molar-refractivity contribution in [2.45, 2.75) is 77.8 Å². The number of imide groups is 1.